The van der Waals surface area contributed by atoms with Crippen molar-refractivity contribution in [3.8, 4) is 23.7 Å². The molecule has 1 fully saturated rings. The van der Waals surface area contributed by atoms with Crippen LogP contribution >= 0.6 is 0 Å². The van der Waals surface area contributed by atoms with Crippen molar-refractivity contribution in [3.05, 3.63) is 23.5 Å². The maximum Gasteiger partial charge on any atom is 0.328 e. The average Bonchev–Trinajstić information content (AvgIpc) is 3.24. The summed E-state index contributed by atoms with van der Waals surface area (Å²) in [6.07, 6.45) is 2.37. The fraction of sp³-hybridized carbons (Fsp3) is 0.524. The predicted octanol–water partition coefficient (Wildman–Crippen LogP) is -0.750. The molecule has 1 aromatic rings. The third-order valence-corrected chi connectivity index (χ3v) is 7.93. The van der Waals surface area contributed by atoms with Crippen LogP contribution in [0.4, 0.5) is 4.79 Å². The third-order valence-electron chi connectivity index (χ3n) is 5.91. The topological polar surface area (TPSA) is 132 Å². The standard InChI is InChI=1S/C21H26N4O6S/c1-21(19(27)22-29,32(2,30)31)7-8-24-15-18-11-16(14-25(18)20(24)28)5-3-4-6-17-12-23(13-17)9-10-26/h11,14,17,26,29H,7-10,12-13,15H2,1-2H3,(H,22,27)/t21-/m1/s1. The van der Waals surface area contributed by atoms with Crippen LogP contribution in [0.1, 0.15) is 24.6 Å². The zero-order valence-electron chi connectivity index (χ0n) is 18.0. The van der Waals surface area contributed by atoms with Crippen molar-refractivity contribution in [1.29, 1.82) is 0 Å². The van der Waals surface area contributed by atoms with Crippen molar-refractivity contribution in [1.82, 2.24) is 19.8 Å². The number of nitrogens with one attached hydrogen (secondary N) is 1. The number of fused-ring (bicyclic) bond motifs is 1. The van der Waals surface area contributed by atoms with E-state index >= 15 is 0 Å². The highest BCUT2D eigenvalue weighted by molar-refractivity contribution is 7.92. The minimum absolute atomic E-state index is 0.0265. The quantitative estimate of drug-likeness (QED) is 0.276. The second kappa shape index (κ2) is 9.35. The average molecular weight is 463 g/mol. The highest BCUT2D eigenvalue weighted by Crippen LogP contribution is 2.25. The summed E-state index contributed by atoms with van der Waals surface area (Å²) in [5.74, 6) is 10.8. The number of rotatable bonds is 7. The number of hydroxylamine groups is 1. The summed E-state index contributed by atoms with van der Waals surface area (Å²) >= 11 is 0. The Labute approximate surface area is 187 Å². The van der Waals surface area contributed by atoms with Gasteiger partial charge >= 0.3 is 6.03 Å². The molecule has 0 aliphatic carbocycles. The van der Waals surface area contributed by atoms with Crippen LogP contribution in [0.15, 0.2) is 12.3 Å². The van der Waals surface area contributed by atoms with Gasteiger partial charge in [0.05, 0.1) is 13.2 Å². The van der Waals surface area contributed by atoms with E-state index in [9.17, 15) is 18.0 Å². The normalized spacial score (nSPS) is 18.0. The number of sulfone groups is 1. The number of aliphatic hydroxyl groups excluding tert-OH is 1. The minimum Gasteiger partial charge on any atom is -0.395 e. The van der Waals surface area contributed by atoms with Gasteiger partial charge in [0.1, 0.15) is 0 Å². The number of aliphatic hydroxyl groups is 1. The second-order valence-electron chi connectivity index (χ2n) is 8.19. The Morgan fingerprint density at radius 1 is 1.31 bits per heavy atom. The lowest BCUT2D eigenvalue weighted by Gasteiger charge is -2.35. The van der Waals surface area contributed by atoms with E-state index in [-0.39, 0.29) is 38.1 Å². The lowest BCUT2D eigenvalue weighted by Crippen LogP contribution is -2.50. The van der Waals surface area contributed by atoms with Crippen molar-refractivity contribution in [2.24, 2.45) is 5.92 Å². The van der Waals surface area contributed by atoms with E-state index in [2.05, 4.69) is 28.6 Å². The molecule has 0 unspecified atom stereocenters. The van der Waals surface area contributed by atoms with Crippen LogP contribution in [0.25, 0.3) is 0 Å². The summed E-state index contributed by atoms with van der Waals surface area (Å²) in [6.45, 7) is 3.97. The summed E-state index contributed by atoms with van der Waals surface area (Å²) < 4.78 is 23.7. The van der Waals surface area contributed by atoms with Gasteiger partial charge < -0.3 is 10.0 Å². The van der Waals surface area contributed by atoms with Gasteiger partial charge in [-0.15, -0.1) is 0 Å². The Morgan fingerprint density at radius 3 is 2.62 bits per heavy atom. The van der Waals surface area contributed by atoms with Crippen LogP contribution in [-0.4, -0.2) is 88.8 Å². The maximum absolute atomic E-state index is 12.7. The van der Waals surface area contributed by atoms with Gasteiger partial charge in [0, 0.05) is 55.8 Å². The van der Waals surface area contributed by atoms with Crippen LogP contribution in [0.3, 0.4) is 0 Å². The summed E-state index contributed by atoms with van der Waals surface area (Å²) in [7, 11) is -3.83. The Balaban J connectivity index is 1.58. The molecule has 11 heteroatoms. The van der Waals surface area contributed by atoms with Gasteiger partial charge in [-0.3, -0.25) is 19.5 Å². The third kappa shape index (κ3) is 4.81. The minimum atomic E-state index is -3.83. The Kier molecular flexibility index (Phi) is 6.96. The molecule has 172 valence electrons. The Hall–Kier alpha value is -2.83. The second-order valence-corrected chi connectivity index (χ2v) is 10.6. The Morgan fingerprint density at radius 2 is 2.03 bits per heavy atom. The monoisotopic (exact) mass is 462 g/mol. The smallest absolute Gasteiger partial charge is 0.328 e. The summed E-state index contributed by atoms with van der Waals surface area (Å²) in [6, 6.07) is 1.44. The van der Waals surface area contributed by atoms with E-state index < -0.39 is 20.5 Å². The Bertz CT molecular complexity index is 1130. The molecule has 2 aliphatic rings. The van der Waals surface area contributed by atoms with E-state index in [1.54, 1.807) is 12.3 Å². The predicted molar refractivity (Wildman–Crippen MR) is 115 cm³/mol. The fourth-order valence-corrected chi connectivity index (χ4v) is 4.47. The van der Waals surface area contributed by atoms with Crippen LogP contribution in [0.5, 0.6) is 0 Å². The lowest BCUT2D eigenvalue weighted by atomic mass is 10.0. The van der Waals surface area contributed by atoms with Gasteiger partial charge in [0.25, 0.3) is 5.91 Å². The maximum atomic E-state index is 12.7. The number of carbonyl (C=O) groups is 2. The van der Waals surface area contributed by atoms with Crippen molar-refractivity contribution in [2.75, 3.05) is 39.0 Å². The van der Waals surface area contributed by atoms with Crippen molar-refractivity contribution in [2.45, 2.75) is 24.6 Å². The molecule has 32 heavy (non-hydrogen) atoms. The summed E-state index contributed by atoms with van der Waals surface area (Å²) in [5.41, 5.74) is 2.76. The van der Waals surface area contributed by atoms with Gasteiger partial charge in [-0.2, -0.15) is 0 Å². The van der Waals surface area contributed by atoms with Gasteiger partial charge in [0.2, 0.25) is 0 Å². The van der Waals surface area contributed by atoms with E-state index in [1.807, 2.05) is 0 Å². The summed E-state index contributed by atoms with van der Waals surface area (Å²) in [5, 5.41) is 17.8. The van der Waals surface area contributed by atoms with Crippen molar-refractivity contribution in [3.63, 3.8) is 0 Å². The molecule has 2 aliphatic heterocycles. The zero-order chi connectivity index (χ0) is 23.5. The van der Waals surface area contributed by atoms with Gasteiger partial charge in [-0.05, 0) is 31.3 Å². The largest absolute Gasteiger partial charge is 0.395 e. The first-order chi connectivity index (χ1) is 15.1. The molecular formula is C21H26N4O6S. The van der Waals surface area contributed by atoms with Gasteiger partial charge in [-0.1, -0.05) is 11.8 Å². The van der Waals surface area contributed by atoms with E-state index in [0.29, 0.717) is 17.8 Å². The summed E-state index contributed by atoms with van der Waals surface area (Å²) in [4.78, 5) is 28.1. The molecule has 1 aromatic heterocycles. The number of hydrogen-bond donors (Lipinski definition) is 3. The molecule has 3 rings (SSSR count). The number of carbonyl (C=O) groups excluding carboxylic acids is 2. The van der Waals surface area contributed by atoms with E-state index in [0.717, 1.165) is 19.3 Å². The number of amides is 2. The molecule has 3 N–H and O–H groups in total. The van der Waals surface area contributed by atoms with Crippen molar-refractivity contribution >= 4 is 21.8 Å². The van der Waals surface area contributed by atoms with E-state index in [4.69, 9.17) is 10.3 Å². The number of aromatic nitrogens is 1. The zero-order valence-corrected chi connectivity index (χ0v) is 18.8. The molecular weight excluding hydrogens is 436 g/mol. The fourth-order valence-electron chi connectivity index (χ4n) is 3.63. The molecule has 0 bridgehead atoms. The molecule has 1 atom stereocenters. The molecule has 0 radical (unpaired) electrons. The van der Waals surface area contributed by atoms with Crippen molar-refractivity contribution < 1.29 is 28.3 Å². The van der Waals surface area contributed by atoms with E-state index in [1.165, 1.54) is 21.9 Å². The molecule has 0 aromatic carbocycles. The van der Waals surface area contributed by atoms with Gasteiger partial charge in [-0.25, -0.2) is 18.7 Å². The number of nitrogens with zero attached hydrogens (tertiary/aromatic N) is 3. The van der Waals surface area contributed by atoms with Crippen LogP contribution < -0.4 is 5.48 Å². The van der Waals surface area contributed by atoms with Crippen LogP contribution in [0, 0.1) is 29.6 Å². The number of hydrogen-bond acceptors (Lipinski definition) is 7. The highest BCUT2D eigenvalue weighted by atomic mass is 32.2. The van der Waals surface area contributed by atoms with Gasteiger partial charge in [0.15, 0.2) is 14.6 Å². The molecule has 1 saturated heterocycles. The highest BCUT2D eigenvalue weighted by Gasteiger charge is 2.44. The molecule has 2 amide bonds. The number of likely N-dealkylation sites (tertiary alicyclic amines) is 1. The molecule has 0 saturated carbocycles. The first kappa shape index (κ1) is 23.8. The first-order valence-corrected chi connectivity index (χ1v) is 12.0. The first-order valence-electron chi connectivity index (χ1n) is 10.1. The number of β-amino-alcohol motifs (C(OH)–C–C–N with tert-alkyl or cyclic N) is 1. The lowest BCUT2D eigenvalue weighted by molar-refractivity contribution is -0.131. The van der Waals surface area contributed by atoms with Crippen LogP contribution in [0.2, 0.25) is 0 Å². The SMILES string of the molecule is C[C@@](CCN1Cc2cc(C#CC#CC3CN(CCO)C3)cn2C1=O)(C(=O)NO)S(C)(=O)=O. The molecule has 3 heterocycles. The van der Waals surface area contributed by atoms with Crippen LogP contribution in [-0.2, 0) is 21.2 Å². The molecule has 10 nitrogen and oxygen atoms in total. The molecule has 0 spiro atoms.